The van der Waals surface area contributed by atoms with E-state index >= 15 is 0 Å². The van der Waals surface area contributed by atoms with Crippen LogP contribution in [0, 0.1) is 5.92 Å². The van der Waals surface area contributed by atoms with Crippen LogP contribution in [-0.2, 0) is 10.2 Å². The quantitative estimate of drug-likeness (QED) is 0.778. The maximum absolute atomic E-state index is 11.9. The molecule has 96 valence electrons. The van der Waals surface area contributed by atoms with Gasteiger partial charge in [-0.2, -0.15) is 13.1 Å². The van der Waals surface area contributed by atoms with Crippen molar-refractivity contribution >= 4 is 21.6 Å². The van der Waals surface area contributed by atoms with Crippen LogP contribution in [-0.4, -0.2) is 22.0 Å². The molecule has 0 saturated carbocycles. The van der Waals surface area contributed by atoms with Crippen LogP contribution in [0.25, 0.3) is 0 Å². The van der Waals surface area contributed by atoms with E-state index in [1.807, 2.05) is 13.8 Å². The van der Waals surface area contributed by atoms with E-state index < -0.39 is 10.2 Å². The van der Waals surface area contributed by atoms with Crippen LogP contribution in [0.15, 0.2) is 24.3 Å². The second-order valence-electron chi connectivity index (χ2n) is 4.31. The van der Waals surface area contributed by atoms with Gasteiger partial charge in [-0.05, 0) is 24.1 Å². The van der Waals surface area contributed by atoms with Gasteiger partial charge in [-0.1, -0.05) is 19.9 Å². The van der Waals surface area contributed by atoms with E-state index in [-0.39, 0.29) is 5.92 Å². The number of nitrogen functional groups attached to an aromatic ring is 1. The fourth-order valence-electron chi connectivity index (χ4n) is 1.23. The van der Waals surface area contributed by atoms with Gasteiger partial charge in [-0.3, -0.25) is 4.31 Å². The number of benzene rings is 1. The molecule has 1 aromatic rings. The smallest absolute Gasteiger partial charge is 0.301 e. The van der Waals surface area contributed by atoms with E-state index in [0.717, 1.165) is 0 Å². The monoisotopic (exact) mass is 257 g/mol. The molecule has 0 bridgehead atoms. The Kier molecular flexibility index (Phi) is 4.36. The molecular weight excluding hydrogens is 238 g/mol. The fraction of sp³-hybridized carbons (Fsp3) is 0.455. The standard InChI is InChI=1S/C11H19N3O2S/c1-9(2)8-13-17(15,16)14(3)11-6-4-5-10(12)7-11/h4-7,9,13H,8,12H2,1-3H3. The van der Waals surface area contributed by atoms with Crippen LogP contribution in [0.5, 0.6) is 0 Å². The van der Waals surface area contributed by atoms with E-state index in [0.29, 0.717) is 17.9 Å². The highest BCUT2D eigenvalue weighted by Gasteiger charge is 2.17. The molecular formula is C11H19N3O2S. The highest BCUT2D eigenvalue weighted by atomic mass is 32.2. The average molecular weight is 257 g/mol. The Labute approximate surface area is 103 Å². The highest BCUT2D eigenvalue weighted by Crippen LogP contribution is 2.18. The minimum atomic E-state index is -3.50. The third-order valence-electron chi connectivity index (χ3n) is 2.27. The molecule has 6 heteroatoms. The number of rotatable bonds is 5. The van der Waals surface area contributed by atoms with Crippen molar-refractivity contribution in [2.24, 2.45) is 5.92 Å². The lowest BCUT2D eigenvalue weighted by Crippen LogP contribution is -2.39. The molecule has 0 heterocycles. The van der Waals surface area contributed by atoms with E-state index in [2.05, 4.69) is 4.72 Å². The van der Waals surface area contributed by atoms with Crippen molar-refractivity contribution in [1.82, 2.24) is 4.72 Å². The molecule has 0 aliphatic heterocycles. The van der Waals surface area contributed by atoms with Crippen molar-refractivity contribution in [2.75, 3.05) is 23.6 Å². The Bertz CT molecular complexity index is 471. The SMILES string of the molecule is CC(C)CNS(=O)(=O)N(C)c1cccc(N)c1. The van der Waals surface area contributed by atoms with Gasteiger partial charge >= 0.3 is 10.2 Å². The lowest BCUT2D eigenvalue weighted by Gasteiger charge is -2.20. The summed E-state index contributed by atoms with van der Waals surface area (Å²) < 4.78 is 27.6. The van der Waals surface area contributed by atoms with Gasteiger partial charge in [-0.15, -0.1) is 0 Å². The number of hydrogen-bond acceptors (Lipinski definition) is 3. The van der Waals surface area contributed by atoms with E-state index in [1.54, 1.807) is 24.3 Å². The van der Waals surface area contributed by atoms with E-state index in [9.17, 15) is 8.42 Å². The lowest BCUT2D eigenvalue weighted by atomic mass is 10.2. The topological polar surface area (TPSA) is 75.4 Å². The fourth-order valence-corrected chi connectivity index (χ4v) is 2.36. The molecule has 3 N–H and O–H groups in total. The molecule has 0 atom stereocenters. The largest absolute Gasteiger partial charge is 0.399 e. The molecule has 0 spiro atoms. The molecule has 0 fully saturated rings. The van der Waals surface area contributed by atoms with Crippen LogP contribution in [0.1, 0.15) is 13.8 Å². The Morgan fingerprint density at radius 3 is 2.59 bits per heavy atom. The minimum absolute atomic E-state index is 0.263. The first kappa shape index (κ1) is 13.8. The Morgan fingerprint density at radius 2 is 2.06 bits per heavy atom. The van der Waals surface area contributed by atoms with Crippen LogP contribution < -0.4 is 14.8 Å². The highest BCUT2D eigenvalue weighted by molar-refractivity contribution is 7.90. The molecule has 0 aliphatic rings. The normalized spacial score (nSPS) is 11.8. The molecule has 0 amide bonds. The van der Waals surface area contributed by atoms with Gasteiger partial charge in [0.25, 0.3) is 0 Å². The third kappa shape index (κ3) is 3.90. The molecule has 0 unspecified atom stereocenters. The van der Waals surface area contributed by atoms with Crippen molar-refractivity contribution in [2.45, 2.75) is 13.8 Å². The first-order valence-electron chi connectivity index (χ1n) is 5.42. The molecule has 0 aromatic heterocycles. The second-order valence-corrected chi connectivity index (χ2v) is 6.10. The summed E-state index contributed by atoms with van der Waals surface area (Å²) >= 11 is 0. The van der Waals surface area contributed by atoms with E-state index in [1.165, 1.54) is 11.4 Å². The van der Waals surface area contributed by atoms with Gasteiger partial charge in [0.2, 0.25) is 0 Å². The van der Waals surface area contributed by atoms with Crippen molar-refractivity contribution in [3.8, 4) is 0 Å². The summed E-state index contributed by atoms with van der Waals surface area (Å²) in [7, 11) is -2.00. The van der Waals surface area contributed by atoms with Crippen molar-refractivity contribution < 1.29 is 8.42 Å². The van der Waals surface area contributed by atoms with Gasteiger partial charge in [-0.25, -0.2) is 0 Å². The predicted octanol–water partition coefficient (Wildman–Crippen LogP) is 1.20. The molecule has 0 radical (unpaired) electrons. The zero-order chi connectivity index (χ0) is 13.1. The summed E-state index contributed by atoms with van der Waals surface area (Å²) in [5.74, 6) is 0.263. The second kappa shape index (κ2) is 5.37. The summed E-state index contributed by atoms with van der Waals surface area (Å²) in [6.45, 7) is 4.31. The van der Waals surface area contributed by atoms with Gasteiger partial charge in [0.05, 0.1) is 5.69 Å². The Morgan fingerprint density at radius 1 is 1.41 bits per heavy atom. The molecule has 0 aliphatic carbocycles. The summed E-state index contributed by atoms with van der Waals surface area (Å²) in [5, 5.41) is 0. The maximum Gasteiger partial charge on any atom is 0.301 e. The Hall–Kier alpha value is -1.27. The zero-order valence-corrected chi connectivity index (χ0v) is 11.2. The zero-order valence-electron chi connectivity index (χ0n) is 10.3. The van der Waals surface area contributed by atoms with Crippen molar-refractivity contribution in [1.29, 1.82) is 0 Å². The van der Waals surface area contributed by atoms with Gasteiger partial charge in [0, 0.05) is 19.3 Å². The first-order chi connectivity index (χ1) is 7.83. The summed E-state index contributed by atoms with van der Waals surface area (Å²) in [6, 6.07) is 6.75. The van der Waals surface area contributed by atoms with Crippen LogP contribution in [0.2, 0.25) is 0 Å². The van der Waals surface area contributed by atoms with Crippen molar-refractivity contribution in [3.63, 3.8) is 0 Å². The number of hydrogen-bond donors (Lipinski definition) is 2. The van der Waals surface area contributed by atoms with Crippen LogP contribution >= 0.6 is 0 Å². The van der Waals surface area contributed by atoms with Crippen LogP contribution in [0.4, 0.5) is 11.4 Å². The predicted molar refractivity (Wildman–Crippen MR) is 71.0 cm³/mol. The van der Waals surface area contributed by atoms with Gasteiger partial charge in [0.15, 0.2) is 0 Å². The maximum atomic E-state index is 11.9. The Balaban J connectivity index is 2.85. The van der Waals surface area contributed by atoms with Gasteiger partial charge < -0.3 is 5.73 Å². The van der Waals surface area contributed by atoms with Crippen LogP contribution in [0.3, 0.4) is 0 Å². The van der Waals surface area contributed by atoms with Gasteiger partial charge in [0.1, 0.15) is 0 Å². The molecule has 5 nitrogen and oxygen atoms in total. The number of nitrogens with two attached hydrogens (primary N) is 1. The minimum Gasteiger partial charge on any atom is -0.399 e. The summed E-state index contributed by atoms with van der Waals surface area (Å²) in [5.41, 5.74) is 6.70. The molecule has 0 saturated heterocycles. The lowest BCUT2D eigenvalue weighted by molar-refractivity contribution is 0.558. The summed E-state index contributed by atoms with van der Waals surface area (Å²) in [4.78, 5) is 0. The third-order valence-corrected chi connectivity index (χ3v) is 3.73. The molecule has 1 aromatic carbocycles. The summed E-state index contributed by atoms with van der Waals surface area (Å²) in [6.07, 6.45) is 0. The number of nitrogens with one attached hydrogen (secondary N) is 1. The van der Waals surface area contributed by atoms with E-state index in [4.69, 9.17) is 5.73 Å². The first-order valence-corrected chi connectivity index (χ1v) is 6.86. The molecule has 17 heavy (non-hydrogen) atoms. The average Bonchev–Trinajstić information content (AvgIpc) is 2.25. The number of anilines is 2. The molecule has 1 rings (SSSR count). The van der Waals surface area contributed by atoms with Crippen molar-refractivity contribution in [3.05, 3.63) is 24.3 Å². The number of nitrogens with zero attached hydrogens (tertiary/aromatic N) is 1.